The van der Waals surface area contributed by atoms with Crippen LogP contribution in [0, 0.1) is 0 Å². The fourth-order valence-corrected chi connectivity index (χ4v) is 6.03. The van der Waals surface area contributed by atoms with E-state index < -0.39 is 15.9 Å². The molecular formula is C26H27N3O3S2. The number of rotatable bonds is 7. The number of sulfonamides is 1. The lowest BCUT2D eigenvalue weighted by Gasteiger charge is -2.19. The number of aryl methyl sites for hydroxylation is 2. The second-order valence-electron chi connectivity index (χ2n) is 7.94. The predicted octanol–water partition coefficient (Wildman–Crippen LogP) is 5.24. The molecule has 0 radical (unpaired) electrons. The molecule has 1 heterocycles. The van der Waals surface area contributed by atoms with Gasteiger partial charge in [-0.05, 0) is 66.9 Å². The molecule has 3 aromatic carbocycles. The summed E-state index contributed by atoms with van der Waals surface area (Å²) in [6.07, 6.45) is 1.87. The minimum atomic E-state index is -3.74. The molecule has 0 fully saturated rings. The summed E-state index contributed by atoms with van der Waals surface area (Å²) < 4.78 is 30.4. The van der Waals surface area contributed by atoms with Crippen LogP contribution in [0.3, 0.4) is 0 Å². The lowest BCUT2D eigenvalue weighted by molar-refractivity contribution is 0.0997. The number of thiazole rings is 1. The van der Waals surface area contributed by atoms with Gasteiger partial charge in [-0.25, -0.2) is 8.42 Å². The van der Waals surface area contributed by atoms with Gasteiger partial charge < -0.3 is 4.57 Å². The molecule has 0 saturated carbocycles. The molecule has 176 valence electrons. The number of hydrogen-bond donors (Lipinski definition) is 0. The van der Waals surface area contributed by atoms with E-state index in [9.17, 15) is 13.2 Å². The van der Waals surface area contributed by atoms with Crippen LogP contribution in [0.2, 0.25) is 0 Å². The lowest BCUT2D eigenvalue weighted by atomic mass is 10.2. The van der Waals surface area contributed by atoms with Gasteiger partial charge in [0.05, 0.1) is 20.8 Å². The SMILES string of the molecule is CCCn1c(=NC(=O)c2ccc(S(=O)(=O)N(C)c3ccccc3)cc2)sc2cc(CC)ccc21. The van der Waals surface area contributed by atoms with E-state index in [0.717, 1.165) is 29.6 Å². The summed E-state index contributed by atoms with van der Waals surface area (Å²) in [5.74, 6) is -0.396. The molecule has 0 unspecified atom stereocenters. The monoisotopic (exact) mass is 493 g/mol. The molecule has 6 nitrogen and oxygen atoms in total. The molecule has 34 heavy (non-hydrogen) atoms. The third kappa shape index (κ3) is 4.69. The quantitative estimate of drug-likeness (QED) is 0.353. The lowest BCUT2D eigenvalue weighted by Crippen LogP contribution is -2.26. The molecule has 0 spiro atoms. The molecule has 4 rings (SSSR count). The van der Waals surface area contributed by atoms with Gasteiger partial charge >= 0.3 is 0 Å². The van der Waals surface area contributed by atoms with Crippen LogP contribution < -0.4 is 9.11 Å². The fraction of sp³-hybridized carbons (Fsp3) is 0.231. The van der Waals surface area contributed by atoms with Crippen molar-refractivity contribution in [2.45, 2.75) is 38.1 Å². The van der Waals surface area contributed by atoms with E-state index in [4.69, 9.17) is 0 Å². The summed E-state index contributed by atoms with van der Waals surface area (Å²) in [5.41, 5.74) is 3.22. The Kier molecular flexibility index (Phi) is 7.00. The summed E-state index contributed by atoms with van der Waals surface area (Å²) in [6, 6.07) is 21.2. The number of anilines is 1. The largest absolute Gasteiger partial charge is 0.316 e. The number of nitrogens with zero attached hydrogens (tertiary/aromatic N) is 3. The molecule has 0 saturated heterocycles. The smallest absolute Gasteiger partial charge is 0.279 e. The van der Waals surface area contributed by atoms with Gasteiger partial charge in [0.15, 0.2) is 4.80 Å². The molecule has 0 N–H and O–H groups in total. The molecule has 1 amide bonds. The predicted molar refractivity (Wildman–Crippen MR) is 138 cm³/mol. The van der Waals surface area contributed by atoms with Gasteiger partial charge in [-0.1, -0.05) is 49.4 Å². The van der Waals surface area contributed by atoms with Crippen molar-refractivity contribution in [1.29, 1.82) is 0 Å². The number of amides is 1. The topological polar surface area (TPSA) is 71.7 Å². The van der Waals surface area contributed by atoms with E-state index in [1.807, 2.05) is 6.07 Å². The normalized spacial score (nSPS) is 12.3. The Hall–Kier alpha value is -3.23. The number of para-hydroxylation sites is 1. The number of aromatic nitrogens is 1. The van der Waals surface area contributed by atoms with E-state index in [1.54, 1.807) is 24.3 Å². The molecule has 0 bridgehead atoms. The Morgan fingerprint density at radius 3 is 2.35 bits per heavy atom. The zero-order chi connectivity index (χ0) is 24.3. The van der Waals surface area contributed by atoms with Crippen LogP contribution in [0.25, 0.3) is 10.2 Å². The zero-order valence-electron chi connectivity index (χ0n) is 19.4. The first-order valence-electron chi connectivity index (χ1n) is 11.2. The number of carbonyl (C=O) groups is 1. The number of hydrogen-bond acceptors (Lipinski definition) is 4. The molecule has 0 aliphatic rings. The second kappa shape index (κ2) is 9.95. The van der Waals surface area contributed by atoms with Crippen molar-refractivity contribution in [2.24, 2.45) is 4.99 Å². The highest BCUT2D eigenvalue weighted by Gasteiger charge is 2.21. The Labute approximate surface area is 203 Å². The van der Waals surface area contributed by atoms with E-state index in [1.165, 1.54) is 52.5 Å². The maximum Gasteiger partial charge on any atom is 0.279 e. The average Bonchev–Trinajstić information content (AvgIpc) is 3.20. The second-order valence-corrected chi connectivity index (χ2v) is 10.9. The van der Waals surface area contributed by atoms with Crippen molar-refractivity contribution in [3.05, 3.63) is 88.7 Å². The highest BCUT2D eigenvalue weighted by Crippen LogP contribution is 2.23. The molecule has 0 atom stereocenters. The van der Waals surface area contributed by atoms with Gasteiger partial charge in [-0.2, -0.15) is 4.99 Å². The van der Waals surface area contributed by atoms with Gasteiger partial charge in [-0.15, -0.1) is 0 Å². The standard InChI is InChI=1S/C26H27N3O3S2/c1-4-17-29-23-16-11-19(5-2)18-24(23)33-26(29)27-25(30)20-12-14-22(15-13-20)34(31,32)28(3)21-9-7-6-8-10-21/h6-16,18H,4-5,17H2,1-3H3. The van der Waals surface area contributed by atoms with Crippen molar-refractivity contribution in [1.82, 2.24) is 4.57 Å². The van der Waals surface area contributed by atoms with E-state index in [2.05, 4.69) is 41.6 Å². The fourth-order valence-electron chi connectivity index (χ4n) is 3.72. The van der Waals surface area contributed by atoms with Crippen LogP contribution in [0.15, 0.2) is 82.7 Å². The van der Waals surface area contributed by atoms with E-state index in [-0.39, 0.29) is 4.90 Å². The zero-order valence-corrected chi connectivity index (χ0v) is 21.1. The van der Waals surface area contributed by atoms with Crippen molar-refractivity contribution in [3.63, 3.8) is 0 Å². The molecule has 4 aromatic rings. The summed E-state index contributed by atoms with van der Waals surface area (Å²) in [4.78, 5) is 18.1. The van der Waals surface area contributed by atoms with Crippen LogP contribution in [-0.2, 0) is 23.0 Å². The summed E-state index contributed by atoms with van der Waals surface area (Å²) >= 11 is 1.50. The van der Waals surface area contributed by atoms with Crippen LogP contribution >= 0.6 is 11.3 Å². The van der Waals surface area contributed by atoms with Gasteiger partial charge in [0, 0.05) is 19.2 Å². The molecule has 1 aromatic heterocycles. The maximum atomic E-state index is 13.0. The minimum Gasteiger partial charge on any atom is -0.316 e. The molecule has 8 heteroatoms. The Morgan fingerprint density at radius 2 is 1.71 bits per heavy atom. The number of fused-ring (bicyclic) bond motifs is 1. The van der Waals surface area contributed by atoms with Crippen molar-refractivity contribution >= 4 is 43.2 Å². The Morgan fingerprint density at radius 1 is 1.00 bits per heavy atom. The van der Waals surface area contributed by atoms with Crippen LogP contribution in [0.1, 0.15) is 36.2 Å². The van der Waals surface area contributed by atoms with Crippen LogP contribution in [-0.4, -0.2) is 25.9 Å². The van der Waals surface area contributed by atoms with Crippen molar-refractivity contribution in [2.75, 3.05) is 11.4 Å². The summed E-state index contributed by atoms with van der Waals surface area (Å²) in [6.45, 7) is 4.97. The first-order valence-corrected chi connectivity index (χ1v) is 13.5. The van der Waals surface area contributed by atoms with E-state index >= 15 is 0 Å². The maximum absolute atomic E-state index is 13.0. The molecule has 0 aliphatic carbocycles. The Balaban J connectivity index is 1.66. The molecular weight excluding hydrogens is 466 g/mol. The average molecular weight is 494 g/mol. The number of carbonyl (C=O) groups excluding carboxylic acids is 1. The van der Waals surface area contributed by atoms with E-state index in [0.29, 0.717) is 16.1 Å². The van der Waals surface area contributed by atoms with Crippen molar-refractivity contribution in [3.8, 4) is 0 Å². The van der Waals surface area contributed by atoms with Crippen molar-refractivity contribution < 1.29 is 13.2 Å². The van der Waals surface area contributed by atoms with Gasteiger partial charge in [-0.3, -0.25) is 9.10 Å². The summed E-state index contributed by atoms with van der Waals surface area (Å²) in [5, 5.41) is 0. The highest BCUT2D eigenvalue weighted by atomic mass is 32.2. The van der Waals surface area contributed by atoms with Crippen LogP contribution in [0.4, 0.5) is 5.69 Å². The third-order valence-electron chi connectivity index (χ3n) is 5.68. The molecule has 0 aliphatic heterocycles. The van der Waals surface area contributed by atoms with Gasteiger partial charge in [0.2, 0.25) is 0 Å². The van der Waals surface area contributed by atoms with Gasteiger partial charge in [0.25, 0.3) is 15.9 Å². The highest BCUT2D eigenvalue weighted by molar-refractivity contribution is 7.92. The number of benzene rings is 3. The van der Waals surface area contributed by atoms with Gasteiger partial charge in [0.1, 0.15) is 0 Å². The third-order valence-corrected chi connectivity index (χ3v) is 8.52. The minimum absolute atomic E-state index is 0.116. The van der Waals surface area contributed by atoms with Crippen LogP contribution in [0.5, 0.6) is 0 Å². The first-order chi connectivity index (χ1) is 16.3. The Bertz CT molecular complexity index is 1490. The first kappa shape index (κ1) is 23.9. The summed E-state index contributed by atoms with van der Waals surface area (Å²) in [7, 11) is -2.23.